The first-order chi connectivity index (χ1) is 9.66. The van der Waals surface area contributed by atoms with E-state index in [1.165, 1.54) is 0 Å². The first-order valence-electron chi connectivity index (χ1n) is 5.74. The molecule has 4 N–H and O–H groups in total. The van der Waals surface area contributed by atoms with Crippen LogP contribution in [-0.2, 0) is 0 Å². The fraction of sp³-hybridized carbons (Fsp3) is 0. The third kappa shape index (κ3) is 4.14. The van der Waals surface area contributed by atoms with Crippen molar-refractivity contribution in [1.82, 2.24) is 10.9 Å². The molecule has 5 nitrogen and oxygen atoms in total. The van der Waals surface area contributed by atoms with Gasteiger partial charge in [0.15, 0.2) is 0 Å². The van der Waals surface area contributed by atoms with Gasteiger partial charge in [-0.05, 0) is 56.1 Å². The van der Waals surface area contributed by atoms with E-state index in [1.54, 1.807) is 0 Å². The van der Waals surface area contributed by atoms with Crippen molar-refractivity contribution in [1.29, 1.82) is 0 Å². The average Bonchev–Trinajstić information content (AvgIpc) is 2.45. The number of hydrogen-bond acceptors (Lipinski definition) is 3. The molecular weight excluding hydrogens is 388 g/mol. The van der Waals surface area contributed by atoms with E-state index in [1.807, 2.05) is 48.5 Å². The van der Waals surface area contributed by atoms with E-state index in [2.05, 4.69) is 53.6 Å². The highest BCUT2D eigenvalue weighted by Gasteiger charge is 2.02. The fourth-order valence-electron chi connectivity index (χ4n) is 1.40. The number of nitrogens with one attached hydrogen (secondary N) is 4. The first kappa shape index (κ1) is 14.7. The highest BCUT2D eigenvalue weighted by Crippen LogP contribution is 2.21. The second-order valence-electron chi connectivity index (χ2n) is 3.79. The molecule has 0 fully saturated rings. The fourth-order valence-corrected chi connectivity index (χ4v) is 2.17. The van der Waals surface area contributed by atoms with Crippen molar-refractivity contribution in [3.8, 4) is 0 Å². The van der Waals surface area contributed by atoms with Crippen molar-refractivity contribution in [3.05, 3.63) is 57.5 Å². The molecule has 0 saturated heterocycles. The molecular formula is C13H12Br2N4O. The van der Waals surface area contributed by atoms with E-state index < -0.39 is 6.03 Å². The molecule has 7 heteroatoms. The number of anilines is 2. The largest absolute Gasteiger partial charge is 0.352 e. The van der Waals surface area contributed by atoms with Crippen LogP contribution in [0.15, 0.2) is 57.5 Å². The van der Waals surface area contributed by atoms with Crippen molar-refractivity contribution in [3.63, 3.8) is 0 Å². The van der Waals surface area contributed by atoms with E-state index in [9.17, 15) is 4.79 Å². The smallest absolute Gasteiger partial charge is 0.296 e. The predicted molar refractivity (Wildman–Crippen MR) is 87.2 cm³/mol. The summed E-state index contributed by atoms with van der Waals surface area (Å²) in [6, 6.07) is 14.5. The van der Waals surface area contributed by atoms with Gasteiger partial charge >= 0.3 is 6.03 Å². The van der Waals surface area contributed by atoms with Crippen LogP contribution in [0.25, 0.3) is 0 Å². The maximum atomic E-state index is 11.6. The Morgan fingerprint density at radius 2 is 1.15 bits per heavy atom. The normalized spacial score (nSPS) is 9.70. The zero-order valence-corrected chi connectivity index (χ0v) is 13.5. The average molecular weight is 400 g/mol. The molecule has 2 aromatic carbocycles. The van der Waals surface area contributed by atoms with E-state index in [-0.39, 0.29) is 0 Å². The molecule has 20 heavy (non-hydrogen) atoms. The number of urea groups is 1. The van der Waals surface area contributed by atoms with Gasteiger partial charge in [0.2, 0.25) is 0 Å². The van der Waals surface area contributed by atoms with Crippen molar-refractivity contribution >= 4 is 49.3 Å². The number of halogens is 2. The lowest BCUT2D eigenvalue weighted by Gasteiger charge is -2.13. The summed E-state index contributed by atoms with van der Waals surface area (Å²) in [6.45, 7) is 0. The summed E-state index contributed by atoms with van der Waals surface area (Å²) in [5, 5.41) is 0. The molecule has 0 aliphatic rings. The molecule has 0 aliphatic carbocycles. The van der Waals surface area contributed by atoms with Crippen molar-refractivity contribution in [2.24, 2.45) is 0 Å². The van der Waals surface area contributed by atoms with Crippen LogP contribution in [0.5, 0.6) is 0 Å². The van der Waals surface area contributed by atoms with Crippen molar-refractivity contribution in [2.45, 2.75) is 0 Å². The minimum Gasteiger partial charge on any atom is -0.296 e. The van der Waals surface area contributed by atoms with Gasteiger partial charge in [-0.15, -0.1) is 0 Å². The Morgan fingerprint density at radius 3 is 1.55 bits per heavy atom. The SMILES string of the molecule is O=C(NNc1ccccc1Br)NNc1ccccc1Br. The maximum absolute atomic E-state index is 11.6. The molecule has 104 valence electrons. The molecule has 0 aliphatic heterocycles. The molecule has 0 heterocycles. The number of benzene rings is 2. The summed E-state index contributed by atoms with van der Waals surface area (Å²) in [7, 11) is 0. The molecule has 0 unspecified atom stereocenters. The summed E-state index contributed by atoms with van der Waals surface area (Å²) < 4.78 is 1.72. The molecule has 2 amide bonds. The summed E-state index contributed by atoms with van der Waals surface area (Å²) in [4.78, 5) is 11.6. The Kier molecular flexibility index (Phi) is 5.25. The van der Waals surface area contributed by atoms with Crippen molar-refractivity contribution < 1.29 is 4.79 Å². The third-order valence-corrected chi connectivity index (χ3v) is 3.75. The monoisotopic (exact) mass is 398 g/mol. The molecule has 0 atom stereocenters. The van der Waals surface area contributed by atoms with Crippen LogP contribution >= 0.6 is 31.9 Å². The summed E-state index contributed by atoms with van der Waals surface area (Å²) in [5.74, 6) is 0. The summed E-state index contributed by atoms with van der Waals surface area (Å²) in [5.41, 5.74) is 12.2. The number of carbonyl (C=O) groups is 1. The highest BCUT2D eigenvalue weighted by molar-refractivity contribution is 9.11. The summed E-state index contributed by atoms with van der Waals surface area (Å²) >= 11 is 6.75. The van der Waals surface area contributed by atoms with Crippen LogP contribution in [-0.4, -0.2) is 6.03 Å². The van der Waals surface area contributed by atoms with Crippen LogP contribution in [0.1, 0.15) is 0 Å². The van der Waals surface area contributed by atoms with Gasteiger partial charge in [0.1, 0.15) is 0 Å². The zero-order valence-electron chi connectivity index (χ0n) is 10.3. The van der Waals surface area contributed by atoms with Crippen LogP contribution < -0.4 is 21.7 Å². The van der Waals surface area contributed by atoms with Crippen LogP contribution in [0.4, 0.5) is 16.2 Å². The Hall–Kier alpha value is -1.73. The van der Waals surface area contributed by atoms with E-state index in [0.717, 1.165) is 20.3 Å². The zero-order chi connectivity index (χ0) is 14.4. The standard InChI is InChI=1S/C13H12Br2N4O/c14-9-5-1-3-7-11(9)16-18-13(20)19-17-12-8-4-2-6-10(12)15/h1-8,16-17H,(H2,18,19,20). The van der Waals surface area contributed by atoms with E-state index in [4.69, 9.17) is 0 Å². The molecule has 2 rings (SSSR count). The summed E-state index contributed by atoms with van der Waals surface area (Å²) in [6.07, 6.45) is 0. The van der Waals surface area contributed by atoms with E-state index in [0.29, 0.717) is 0 Å². The molecule has 0 bridgehead atoms. The molecule has 0 saturated carbocycles. The number of carbonyl (C=O) groups excluding carboxylic acids is 1. The minimum atomic E-state index is -0.406. The predicted octanol–water partition coefficient (Wildman–Crippen LogP) is 3.86. The number of para-hydroxylation sites is 2. The van der Waals surface area contributed by atoms with Gasteiger partial charge < -0.3 is 0 Å². The molecule has 0 radical (unpaired) electrons. The second-order valence-corrected chi connectivity index (χ2v) is 5.50. The van der Waals surface area contributed by atoms with Crippen LogP contribution in [0.2, 0.25) is 0 Å². The van der Waals surface area contributed by atoms with Crippen LogP contribution in [0.3, 0.4) is 0 Å². The first-order valence-corrected chi connectivity index (χ1v) is 7.32. The van der Waals surface area contributed by atoms with Gasteiger partial charge in [-0.25, -0.2) is 4.79 Å². The highest BCUT2D eigenvalue weighted by atomic mass is 79.9. The van der Waals surface area contributed by atoms with Gasteiger partial charge in [-0.1, -0.05) is 24.3 Å². The Balaban J connectivity index is 1.82. The second kappa shape index (κ2) is 7.16. The quantitative estimate of drug-likeness (QED) is 0.590. The number of rotatable bonds is 4. The topological polar surface area (TPSA) is 65.2 Å². The Labute approximate surface area is 133 Å². The Morgan fingerprint density at radius 1 is 0.750 bits per heavy atom. The van der Waals surface area contributed by atoms with Gasteiger partial charge in [0, 0.05) is 8.95 Å². The maximum Gasteiger partial charge on any atom is 0.352 e. The van der Waals surface area contributed by atoms with Gasteiger partial charge in [-0.2, -0.15) is 0 Å². The molecule has 2 aromatic rings. The number of hydrogen-bond donors (Lipinski definition) is 4. The lowest BCUT2D eigenvalue weighted by Crippen LogP contribution is -2.42. The van der Waals surface area contributed by atoms with Gasteiger partial charge in [0.05, 0.1) is 11.4 Å². The van der Waals surface area contributed by atoms with E-state index >= 15 is 0 Å². The molecule has 0 aromatic heterocycles. The lowest BCUT2D eigenvalue weighted by molar-refractivity contribution is 0.244. The Bertz CT molecular complexity index is 555. The van der Waals surface area contributed by atoms with Gasteiger partial charge in [0.25, 0.3) is 0 Å². The molecule has 0 spiro atoms. The number of amides is 2. The van der Waals surface area contributed by atoms with Crippen LogP contribution in [0, 0.1) is 0 Å². The number of hydrazine groups is 2. The minimum absolute atomic E-state index is 0.406. The third-order valence-electron chi connectivity index (χ3n) is 2.37. The lowest BCUT2D eigenvalue weighted by atomic mass is 10.3. The van der Waals surface area contributed by atoms with Crippen molar-refractivity contribution in [2.75, 3.05) is 10.9 Å². The van der Waals surface area contributed by atoms with Gasteiger partial charge in [-0.3, -0.25) is 21.7 Å².